The lowest BCUT2D eigenvalue weighted by atomic mass is 10.0. The van der Waals surface area contributed by atoms with E-state index in [1.54, 1.807) is 25.2 Å². The number of halogens is 2. The second-order valence-electron chi connectivity index (χ2n) is 6.76. The third-order valence-corrected chi connectivity index (χ3v) is 4.40. The molecule has 3 N–H and O–H groups in total. The summed E-state index contributed by atoms with van der Waals surface area (Å²) in [6, 6.07) is 4.09. The number of carbonyl (C=O) groups is 3. The summed E-state index contributed by atoms with van der Waals surface area (Å²) in [5, 5.41) is 6.11. The van der Waals surface area contributed by atoms with E-state index in [4.69, 9.17) is 27.9 Å². The number of rotatable bonds is 9. The van der Waals surface area contributed by atoms with E-state index in [1.165, 1.54) is 7.11 Å². The van der Waals surface area contributed by atoms with Gasteiger partial charge in [-0.1, -0.05) is 37.0 Å². The molecule has 150 valence electrons. The van der Waals surface area contributed by atoms with Crippen LogP contribution >= 0.6 is 23.2 Å². The first kappa shape index (κ1) is 23.2. The summed E-state index contributed by atoms with van der Waals surface area (Å²) < 4.78 is 4.72. The highest BCUT2D eigenvalue weighted by Gasteiger charge is 2.24. The smallest absolute Gasteiger partial charge is 0.328 e. The first-order chi connectivity index (χ1) is 12.6. The van der Waals surface area contributed by atoms with Crippen LogP contribution in [0.15, 0.2) is 18.2 Å². The average molecular weight is 419 g/mol. The van der Waals surface area contributed by atoms with Crippen molar-refractivity contribution in [1.29, 1.82) is 0 Å². The van der Waals surface area contributed by atoms with Crippen LogP contribution in [0.5, 0.6) is 0 Å². The van der Waals surface area contributed by atoms with Crippen molar-refractivity contribution in [2.45, 2.75) is 26.3 Å². The number of likely N-dealkylation sites (N-methyl/N-ethyl adjacent to an activating group) is 1. The summed E-state index contributed by atoms with van der Waals surface area (Å²) in [6.07, 6.45) is 0.481. The molecule has 27 heavy (non-hydrogen) atoms. The molecule has 7 nitrogen and oxygen atoms in total. The van der Waals surface area contributed by atoms with Gasteiger partial charge < -0.3 is 20.3 Å². The van der Waals surface area contributed by atoms with Crippen LogP contribution in [-0.2, 0) is 19.1 Å². The van der Waals surface area contributed by atoms with Crippen LogP contribution in [-0.4, -0.2) is 51.1 Å². The monoisotopic (exact) mass is 418 g/mol. The number of amides is 2. The number of benzene rings is 1. The van der Waals surface area contributed by atoms with Crippen molar-refractivity contribution in [3.8, 4) is 0 Å². The summed E-state index contributed by atoms with van der Waals surface area (Å²) >= 11 is 11.8. The van der Waals surface area contributed by atoms with Crippen molar-refractivity contribution < 1.29 is 24.0 Å². The topological polar surface area (TPSA) is 88.9 Å². The number of hydrogen-bond donors (Lipinski definition) is 3. The predicted octanol–water partition coefficient (Wildman–Crippen LogP) is 1.15. The maximum atomic E-state index is 12.2. The first-order valence-corrected chi connectivity index (χ1v) is 9.31. The second kappa shape index (κ2) is 11.1. The normalized spacial score (nSPS) is 13.0. The number of nitrogens with one attached hydrogen (secondary N) is 3. The van der Waals surface area contributed by atoms with Crippen molar-refractivity contribution >= 4 is 46.7 Å². The molecule has 0 saturated heterocycles. The number of methoxy groups -OCH3 is 1. The zero-order valence-corrected chi connectivity index (χ0v) is 17.4. The van der Waals surface area contributed by atoms with E-state index in [9.17, 15) is 14.4 Å². The fourth-order valence-corrected chi connectivity index (χ4v) is 2.76. The van der Waals surface area contributed by atoms with E-state index in [0.717, 1.165) is 0 Å². The number of anilines is 1. The van der Waals surface area contributed by atoms with Crippen molar-refractivity contribution in [3.63, 3.8) is 0 Å². The minimum absolute atomic E-state index is 0.0420. The fraction of sp³-hybridized carbons (Fsp3) is 0.500. The lowest BCUT2D eigenvalue weighted by Crippen LogP contribution is -3.11. The standard InChI is InChI=1S/C18H25Cl2N3O4/c1-11(2)7-15(18(26)27-4)22-17(25)10-23(3)9-16(24)21-12-5-6-13(19)14(20)8-12/h5-6,8,11,15H,7,9-10H2,1-4H3,(H,21,24)(H,22,25)/p+1/t15-/m0/s1. The van der Waals surface area contributed by atoms with Crippen LogP contribution in [0.2, 0.25) is 10.0 Å². The molecule has 0 fully saturated rings. The lowest BCUT2D eigenvalue weighted by molar-refractivity contribution is -0.862. The quantitative estimate of drug-likeness (QED) is 0.524. The van der Waals surface area contributed by atoms with Crippen molar-refractivity contribution in [2.75, 3.05) is 32.6 Å². The molecule has 0 saturated carbocycles. The Morgan fingerprint density at radius 3 is 2.30 bits per heavy atom. The molecular formula is C18H26Cl2N3O4+. The molecule has 1 aromatic carbocycles. The highest BCUT2D eigenvalue weighted by atomic mass is 35.5. The van der Waals surface area contributed by atoms with Gasteiger partial charge in [0.25, 0.3) is 11.8 Å². The van der Waals surface area contributed by atoms with Gasteiger partial charge in [-0.05, 0) is 30.5 Å². The summed E-state index contributed by atoms with van der Waals surface area (Å²) in [5.41, 5.74) is 0.523. The Balaban J connectivity index is 2.52. The van der Waals surface area contributed by atoms with E-state index in [2.05, 4.69) is 10.6 Å². The molecule has 1 unspecified atom stereocenters. The van der Waals surface area contributed by atoms with Crippen LogP contribution in [0.25, 0.3) is 0 Å². The van der Waals surface area contributed by atoms with Gasteiger partial charge in [-0.2, -0.15) is 0 Å². The van der Waals surface area contributed by atoms with Gasteiger partial charge in [-0.15, -0.1) is 0 Å². The molecule has 0 bridgehead atoms. The molecule has 1 rings (SSSR count). The van der Waals surface area contributed by atoms with Gasteiger partial charge in [0, 0.05) is 5.69 Å². The summed E-state index contributed by atoms with van der Waals surface area (Å²) in [4.78, 5) is 36.7. The van der Waals surface area contributed by atoms with Crippen molar-refractivity contribution in [3.05, 3.63) is 28.2 Å². The molecular weight excluding hydrogens is 393 g/mol. The third kappa shape index (κ3) is 8.60. The Morgan fingerprint density at radius 2 is 1.74 bits per heavy atom. The van der Waals surface area contributed by atoms with Gasteiger partial charge in [0.1, 0.15) is 6.04 Å². The van der Waals surface area contributed by atoms with Crippen LogP contribution in [0, 0.1) is 5.92 Å². The summed E-state index contributed by atoms with van der Waals surface area (Å²) in [5.74, 6) is -0.861. The van der Waals surface area contributed by atoms with Gasteiger partial charge in [0.05, 0.1) is 24.2 Å². The SMILES string of the molecule is COC(=O)[C@H](CC(C)C)NC(=O)C[NH+](C)CC(=O)Nc1ccc(Cl)c(Cl)c1. The summed E-state index contributed by atoms with van der Waals surface area (Å²) in [6.45, 7) is 4.01. The largest absolute Gasteiger partial charge is 0.467 e. The maximum absolute atomic E-state index is 12.2. The molecule has 2 amide bonds. The Bertz CT molecular complexity index is 683. The van der Waals surface area contributed by atoms with Gasteiger partial charge >= 0.3 is 5.97 Å². The van der Waals surface area contributed by atoms with E-state index >= 15 is 0 Å². The molecule has 0 aliphatic rings. The zero-order chi connectivity index (χ0) is 20.6. The zero-order valence-electron chi connectivity index (χ0n) is 15.9. The number of quaternary nitrogens is 1. The Morgan fingerprint density at radius 1 is 1.11 bits per heavy atom. The predicted molar refractivity (Wildman–Crippen MR) is 105 cm³/mol. The van der Waals surface area contributed by atoms with Gasteiger partial charge in [0.2, 0.25) is 0 Å². The highest BCUT2D eigenvalue weighted by molar-refractivity contribution is 6.42. The minimum Gasteiger partial charge on any atom is -0.467 e. The van der Waals surface area contributed by atoms with E-state index < -0.39 is 12.0 Å². The Labute approximate surface area is 169 Å². The first-order valence-electron chi connectivity index (χ1n) is 8.55. The molecule has 0 aliphatic carbocycles. The van der Waals surface area contributed by atoms with Gasteiger partial charge in [0.15, 0.2) is 13.1 Å². The highest BCUT2D eigenvalue weighted by Crippen LogP contribution is 2.24. The molecule has 2 atom stereocenters. The number of hydrogen-bond acceptors (Lipinski definition) is 4. The van der Waals surface area contributed by atoms with Gasteiger partial charge in [-0.25, -0.2) is 4.79 Å². The lowest BCUT2D eigenvalue weighted by Gasteiger charge is -2.19. The van der Waals surface area contributed by atoms with Gasteiger partial charge in [-0.3, -0.25) is 9.59 Å². The molecule has 0 aliphatic heterocycles. The maximum Gasteiger partial charge on any atom is 0.328 e. The molecule has 0 spiro atoms. The number of esters is 1. The van der Waals surface area contributed by atoms with Crippen LogP contribution < -0.4 is 15.5 Å². The Hall–Kier alpha value is -1.83. The van der Waals surface area contributed by atoms with E-state index in [1.807, 2.05) is 13.8 Å². The van der Waals surface area contributed by atoms with Crippen molar-refractivity contribution in [1.82, 2.24) is 5.32 Å². The molecule has 0 radical (unpaired) electrons. The molecule has 1 aromatic rings. The fourth-order valence-electron chi connectivity index (χ4n) is 2.46. The van der Waals surface area contributed by atoms with Crippen LogP contribution in [0.1, 0.15) is 20.3 Å². The molecule has 9 heteroatoms. The number of ether oxygens (including phenoxy) is 1. The number of carbonyl (C=O) groups excluding carboxylic acids is 3. The van der Waals surface area contributed by atoms with E-state index in [0.29, 0.717) is 27.1 Å². The second-order valence-corrected chi connectivity index (χ2v) is 7.57. The van der Waals surface area contributed by atoms with Crippen LogP contribution in [0.4, 0.5) is 5.69 Å². The van der Waals surface area contributed by atoms with E-state index in [-0.39, 0.29) is 30.8 Å². The minimum atomic E-state index is -0.694. The van der Waals surface area contributed by atoms with Crippen LogP contribution in [0.3, 0.4) is 0 Å². The average Bonchev–Trinajstić information content (AvgIpc) is 2.56. The third-order valence-electron chi connectivity index (χ3n) is 3.66. The van der Waals surface area contributed by atoms with Crippen molar-refractivity contribution in [2.24, 2.45) is 5.92 Å². The molecule has 0 aromatic heterocycles. The molecule has 0 heterocycles. The summed E-state index contributed by atoms with van der Waals surface area (Å²) in [7, 11) is 3.00. The Kier molecular flexibility index (Phi) is 9.55.